The number of rotatable bonds is 3. The average molecular weight is 393 g/mol. The van der Waals surface area contributed by atoms with Gasteiger partial charge >= 0.3 is 0 Å². The van der Waals surface area contributed by atoms with Crippen molar-refractivity contribution in [2.45, 2.75) is 37.8 Å². The number of fused-ring (bicyclic) bond motifs is 1. The fourth-order valence-electron chi connectivity index (χ4n) is 4.96. The monoisotopic (exact) mass is 393 g/mol. The Balaban J connectivity index is 1.26. The predicted molar refractivity (Wildman–Crippen MR) is 109 cm³/mol. The summed E-state index contributed by atoms with van der Waals surface area (Å²) in [6.07, 6.45) is 5.33. The molecule has 6 nitrogen and oxygen atoms in total. The highest BCUT2D eigenvalue weighted by molar-refractivity contribution is 5.85. The first kappa shape index (κ1) is 18.4. The van der Waals surface area contributed by atoms with Crippen LogP contribution in [0.5, 0.6) is 11.6 Å². The summed E-state index contributed by atoms with van der Waals surface area (Å²) in [4.78, 5) is 19.1. The molecule has 152 valence electrons. The number of likely N-dealkylation sites (tertiary alicyclic amines) is 1. The average Bonchev–Trinajstić information content (AvgIpc) is 2.99. The minimum atomic E-state index is -0.153. The lowest BCUT2D eigenvalue weighted by Gasteiger charge is -2.31. The number of carbonyl (C=O) groups excluding carboxylic acids is 1. The minimum absolute atomic E-state index is 0.141. The highest BCUT2D eigenvalue weighted by Crippen LogP contribution is 2.43. The maximum absolute atomic E-state index is 12.9. The number of hydrogen-bond donors (Lipinski definition) is 1. The SMILES string of the molecule is CN1C(=O)C2(CCNCC2)CC1Cc1ccc([C@H]2COc3cccnc3O2)cc1. The molecule has 1 aromatic carbocycles. The molecule has 0 aliphatic carbocycles. The molecule has 4 heterocycles. The van der Waals surface area contributed by atoms with E-state index in [2.05, 4.69) is 34.6 Å². The molecule has 1 aromatic heterocycles. The van der Waals surface area contributed by atoms with Crippen molar-refractivity contribution in [2.75, 3.05) is 26.7 Å². The molecule has 6 heteroatoms. The summed E-state index contributed by atoms with van der Waals surface area (Å²) in [5.41, 5.74) is 2.19. The summed E-state index contributed by atoms with van der Waals surface area (Å²) >= 11 is 0. The second-order valence-corrected chi connectivity index (χ2v) is 8.47. The van der Waals surface area contributed by atoms with Gasteiger partial charge < -0.3 is 19.7 Å². The first-order chi connectivity index (χ1) is 14.1. The summed E-state index contributed by atoms with van der Waals surface area (Å²) < 4.78 is 11.8. The topological polar surface area (TPSA) is 63.7 Å². The minimum Gasteiger partial charge on any atom is -0.484 e. The number of amides is 1. The molecular weight excluding hydrogens is 366 g/mol. The Labute approximate surface area is 171 Å². The zero-order chi connectivity index (χ0) is 19.8. The summed E-state index contributed by atoms with van der Waals surface area (Å²) in [6, 6.07) is 12.5. The van der Waals surface area contributed by atoms with Gasteiger partial charge in [0, 0.05) is 19.3 Å². The van der Waals surface area contributed by atoms with Crippen LogP contribution in [0, 0.1) is 5.41 Å². The zero-order valence-electron chi connectivity index (χ0n) is 16.8. The summed E-state index contributed by atoms with van der Waals surface area (Å²) in [5.74, 6) is 1.58. The highest BCUT2D eigenvalue weighted by atomic mass is 16.6. The molecule has 3 aliphatic rings. The van der Waals surface area contributed by atoms with Gasteiger partial charge in [-0.25, -0.2) is 4.98 Å². The van der Waals surface area contributed by atoms with E-state index in [1.54, 1.807) is 6.20 Å². The van der Waals surface area contributed by atoms with E-state index in [0.29, 0.717) is 24.1 Å². The molecule has 1 spiro atoms. The first-order valence-electron chi connectivity index (χ1n) is 10.5. The maximum Gasteiger partial charge on any atom is 0.257 e. The van der Waals surface area contributed by atoms with Gasteiger partial charge in [-0.2, -0.15) is 0 Å². The molecule has 0 bridgehead atoms. The Kier molecular flexibility index (Phi) is 4.66. The molecule has 5 rings (SSSR count). The molecule has 2 saturated heterocycles. The van der Waals surface area contributed by atoms with Crippen LogP contribution in [0.25, 0.3) is 0 Å². The van der Waals surface area contributed by atoms with Crippen LogP contribution >= 0.6 is 0 Å². The molecule has 2 atom stereocenters. The van der Waals surface area contributed by atoms with Crippen LogP contribution in [-0.4, -0.2) is 48.6 Å². The van der Waals surface area contributed by atoms with Crippen molar-refractivity contribution in [3.63, 3.8) is 0 Å². The van der Waals surface area contributed by atoms with E-state index in [4.69, 9.17) is 9.47 Å². The van der Waals surface area contributed by atoms with Crippen molar-refractivity contribution in [1.29, 1.82) is 0 Å². The Morgan fingerprint density at radius 1 is 1.21 bits per heavy atom. The number of ether oxygens (including phenoxy) is 2. The lowest BCUT2D eigenvalue weighted by atomic mass is 9.76. The second-order valence-electron chi connectivity index (χ2n) is 8.47. The third-order valence-corrected chi connectivity index (χ3v) is 6.71. The van der Waals surface area contributed by atoms with E-state index >= 15 is 0 Å². The van der Waals surface area contributed by atoms with Gasteiger partial charge in [-0.1, -0.05) is 24.3 Å². The van der Waals surface area contributed by atoms with E-state index in [9.17, 15) is 4.79 Å². The predicted octanol–water partition coefficient (Wildman–Crippen LogP) is 2.74. The largest absolute Gasteiger partial charge is 0.484 e. The van der Waals surface area contributed by atoms with Gasteiger partial charge in [-0.15, -0.1) is 0 Å². The van der Waals surface area contributed by atoms with Crippen LogP contribution in [0.1, 0.15) is 36.5 Å². The zero-order valence-corrected chi connectivity index (χ0v) is 16.8. The van der Waals surface area contributed by atoms with Gasteiger partial charge in [-0.05, 0) is 62.0 Å². The molecule has 29 heavy (non-hydrogen) atoms. The van der Waals surface area contributed by atoms with Gasteiger partial charge in [0.1, 0.15) is 6.61 Å². The van der Waals surface area contributed by atoms with Crippen LogP contribution in [0.3, 0.4) is 0 Å². The molecule has 1 unspecified atom stereocenters. The number of piperidine rings is 1. The first-order valence-corrected chi connectivity index (χ1v) is 10.5. The Morgan fingerprint density at radius 2 is 2.00 bits per heavy atom. The molecule has 2 aromatic rings. The number of benzene rings is 1. The Bertz CT molecular complexity index is 892. The third kappa shape index (κ3) is 3.35. The number of hydrogen-bond acceptors (Lipinski definition) is 5. The summed E-state index contributed by atoms with van der Waals surface area (Å²) in [6.45, 7) is 2.37. The summed E-state index contributed by atoms with van der Waals surface area (Å²) in [5, 5.41) is 3.38. The fourth-order valence-corrected chi connectivity index (χ4v) is 4.96. The van der Waals surface area contributed by atoms with Gasteiger partial charge in [-0.3, -0.25) is 4.79 Å². The van der Waals surface area contributed by atoms with Crippen LogP contribution in [0.15, 0.2) is 42.6 Å². The summed E-state index contributed by atoms with van der Waals surface area (Å²) in [7, 11) is 1.97. The molecular formula is C23H27N3O3. The lowest BCUT2D eigenvalue weighted by Crippen LogP contribution is -2.42. The second kappa shape index (κ2) is 7.34. The molecule has 3 aliphatic heterocycles. The van der Waals surface area contributed by atoms with E-state index < -0.39 is 0 Å². The van der Waals surface area contributed by atoms with Gasteiger partial charge in [0.2, 0.25) is 5.91 Å². The molecule has 1 amide bonds. The van der Waals surface area contributed by atoms with Crippen molar-refractivity contribution in [3.05, 3.63) is 53.7 Å². The number of pyridine rings is 1. The maximum atomic E-state index is 12.9. The highest BCUT2D eigenvalue weighted by Gasteiger charge is 2.50. The van der Waals surface area contributed by atoms with Crippen molar-refractivity contribution in [1.82, 2.24) is 15.2 Å². The number of likely N-dealkylation sites (N-methyl/N-ethyl adjacent to an activating group) is 1. The van der Waals surface area contributed by atoms with Crippen LogP contribution < -0.4 is 14.8 Å². The van der Waals surface area contributed by atoms with E-state index in [1.807, 2.05) is 24.1 Å². The molecule has 0 saturated carbocycles. The van der Waals surface area contributed by atoms with E-state index in [-0.39, 0.29) is 17.6 Å². The third-order valence-electron chi connectivity index (χ3n) is 6.71. The molecule has 1 N–H and O–H groups in total. The van der Waals surface area contributed by atoms with Crippen LogP contribution in [0.4, 0.5) is 0 Å². The van der Waals surface area contributed by atoms with Crippen molar-refractivity contribution in [3.8, 4) is 11.6 Å². The molecule has 0 radical (unpaired) electrons. The van der Waals surface area contributed by atoms with Gasteiger partial charge in [0.25, 0.3) is 5.88 Å². The van der Waals surface area contributed by atoms with Crippen molar-refractivity contribution < 1.29 is 14.3 Å². The van der Waals surface area contributed by atoms with Crippen molar-refractivity contribution >= 4 is 5.91 Å². The number of nitrogens with zero attached hydrogens (tertiary/aromatic N) is 2. The number of nitrogens with one attached hydrogen (secondary N) is 1. The van der Waals surface area contributed by atoms with Crippen molar-refractivity contribution in [2.24, 2.45) is 5.41 Å². The quantitative estimate of drug-likeness (QED) is 0.869. The normalized spacial score (nSPS) is 25.4. The van der Waals surface area contributed by atoms with Crippen LogP contribution in [0.2, 0.25) is 0 Å². The fraction of sp³-hybridized carbons (Fsp3) is 0.478. The standard InChI is InChI=1S/C23H27N3O3/c1-26-18(14-23(22(26)27)8-11-24-12-9-23)13-16-4-6-17(7-5-16)20-15-28-19-3-2-10-25-21(19)29-20/h2-7,10,18,20,24H,8-9,11-15H2,1H3/t18?,20-/m1/s1. The van der Waals surface area contributed by atoms with Gasteiger partial charge in [0.15, 0.2) is 11.9 Å². The Morgan fingerprint density at radius 3 is 2.79 bits per heavy atom. The van der Waals surface area contributed by atoms with Crippen LogP contribution in [-0.2, 0) is 11.2 Å². The molecule has 2 fully saturated rings. The Hall–Kier alpha value is -2.60. The van der Waals surface area contributed by atoms with E-state index in [0.717, 1.165) is 44.3 Å². The number of aromatic nitrogens is 1. The smallest absolute Gasteiger partial charge is 0.257 e. The van der Waals surface area contributed by atoms with Gasteiger partial charge in [0.05, 0.1) is 5.41 Å². The number of carbonyl (C=O) groups is 1. The van der Waals surface area contributed by atoms with E-state index in [1.165, 1.54) is 5.56 Å². The lowest BCUT2D eigenvalue weighted by molar-refractivity contribution is -0.136.